The molecule has 1 atom stereocenters. The highest BCUT2D eigenvalue weighted by molar-refractivity contribution is 7.71. The monoisotopic (exact) mass is 435 g/mol. The quantitative estimate of drug-likeness (QED) is 0.517. The van der Waals surface area contributed by atoms with E-state index in [1.165, 1.54) is 0 Å². The molecule has 0 bridgehead atoms. The third-order valence-electron chi connectivity index (χ3n) is 5.43. The molecule has 9 heteroatoms. The van der Waals surface area contributed by atoms with Gasteiger partial charge in [-0.25, -0.2) is 0 Å². The summed E-state index contributed by atoms with van der Waals surface area (Å²) in [4.78, 5) is 25.3. The summed E-state index contributed by atoms with van der Waals surface area (Å²) in [5.74, 6) is 0.952. The Morgan fingerprint density at radius 3 is 2.84 bits per heavy atom. The summed E-state index contributed by atoms with van der Waals surface area (Å²) in [6.45, 7) is 0.271. The van der Waals surface area contributed by atoms with Crippen LogP contribution in [0.1, 0.15) is 40.6 Å². The standard InChI is InChI=1S/C22H21N5O3S/c28-20(23-12-19-25-26-22(31)27(19)16-8-9-16)14-5-3-6-15(10-14)24-21(29)18-11-13-4-1-2-7-17(13)30-18/h1-7,10,16,18H,8-9,11-12H2,(H,23,28)(H,24,29)(H,26,31). The van der Waals surface area contributed by atoms with Crippen molar-refractivity contribution in [2.45, 2.75) is 38.0 Å². The van der Waals surface area contributed by atoms with E-state index >= 15 is 0 Å². The van der Waals surface area contributed by atoms with Crippen LogP contribution >= 0.6 is 12.2 Å². The highest BCUT2D eigenvalue weighted by atomic mass is 32.1. The van der Waals surface area contributed by atoms with Crippen molar-refractivity contribution in [3.8, 4) is 5.75 Å². The molecule has 0 spiro atoms. The first-order valence-corrected chi connectivity index (χ1v) is 10.6. The van der Waals surface area contributed by atoms with Crippen LogP contribution in [0.4, 0.5) is 5.69 Å². The molecular weight excluding hydrogens is 414 g/mol. The Morgan fingerprint density at radius 1 is 1.19 bits per heavy atom. The summed E-state index contributed by atoms with van der Waals surface area (Å²) in [7, 11) is 0. The predicted octanol–water partition coefficient (Wildman–Crippen LogP) is 3.15. The lowest BCUT2D eigenvalue weighted by Crippen LogP contribution is -2.31. The Bertz CT molecular complexity index is 1190. The molecule has 3 aromatic rings. The Hall–Kier alpha value is -3.46. The van der Waals surface area contributed by atoms with Crippen molar-refractivity contribution in [3.05, 3.63) is 70.3 Å². The van der Waals surface area contributed by atoms with Crippen molar-refractivity contribution in [2.75, 3.05) is 5.32 Å². The van der Waals surface area contributed by atoms with E-state index in [2.05, 4.69) is 20.8 Å². The fourth-order valence-electron chi connectivity index (χ4n) is 3.72. The number of fused-ring (bicyclic) bond motifs is 1. The number of hydrogen-bond donors (Lipinski definition) is 3. The van der Waals surface area contributed by atoms with E-state index in [4.69, 9.17) is 17.0 Å². The van der Waals surface area contributed by atoms with Crippen LogP contribution < -0.4 is 15.4 Å². The number of hydrogen-bond acceptors (Lipinski definition) is 5. The molecule has 0 saturated heterocycles. The molecule has 158 valence electrons. The number of carbonyl (C=O) groups is 2. The molecule has 1 unspecified atom stereocenters. The van der Waals surface area contributed by atoms with E-state index in [9.17, 15) is 9.59 Å². The SMILES string of the molecule is O=C(NCc1n[nH]c(=S)n1C1CC1)c1cccc(NC(=O)C2Cc3ccccc3O2)c1. The number of nitrogens with one attached hydrogen (secondary N) is 3. The second-order valence-corrected chi connectivity index (χ2v) is 8.10. The molecule has 1 saturated carbocycles. The Balaban J connectivity index is 1.21. The number of aromatic nitrogens is 3. The summed E-state index contributed by atoms with van der Waals surface area (Å²) in [5, 5.41) is 12.7. The third-order valence-corrected chi connectivity index (χ3v) is 5.72. The summed E-state index contributed by atoms with van der Waals surface area (Å²) in [5.41, 5.74) is 2.00. The zero-order valence-electron chi connectivity index (χ0n) is 16.6. The van der Waals surface area contributed by atoms with Gasteiger partial charge in [-0.05, 0) is 54.9 Å². The number of benzene rings is 2. The van der Waals surface area contributed by atoms with Crippen molar-refractivity contribution in [3.63, 3.8) is 0 Å². The van der Waals surface area contributed by atoms with Crippen LogP contribution in [-0.4, -0.2) is 32.7 Å². The number of amides is 2. The number of anilines is 1. The molecular formula is C22H21N5O3S. The number of ether oxygens (including phenoxy) is 1. The average molecular weight is 436 g/mol. The molecule has 2 heterocycles. The first kappa shape index (κ1) is 19.5. The van der Waals surface area contributed by atoms with Gasteiger partial charge in [-0.15, -0.1) is 0 Å². The van der Waals surface area contributed by atoms with E-state index in [1.807, 2.05) is 28.8 Å². The largest absolute Gasteiger partial charge is 0.480 e. The first-order chi connectivity index (χ1) is 15.1. The molecule has 5 rings (SSSR count). The zero-order valence-corrected chi connectivity index (χ0v) is 17.4. The number of carbonyl (C=O) groups excluding carboxylic acids is 2. The predicted molar refractivity (Wildman–Crippen MR) is 116 cm³/mol. The van der Waals surface area contributed by atoms with Gasteiger partial charge in [-0.3, -0.25) is 19.3 Å². The lowest BCUT2D eigenvalue weighted by atomic mass is 10.1. The van der Waals surface area contributed by atoms with Crippen LogP contribution in [0.25, 0.3) is 0 Å². The van der Waals surface area contributed by atoms with E-state index in [1.54, 1.807) is 24.3 Å². The average Bonchev–Trinajstić information content (AvgIpc) is 3.40. The third kappa shape index (κ3) is 4.09. The van der Waals surface area contributed by atoms with Crippen molar-refractivity contribution in [1.29, 1.82) is 0 Å². The first-order valence-electron chi connectivity index (χ1n) is 10.2. The maximum Gasteiger partial charge on any atom is 0.265 e. The maximum atomic E-state index is 12.6. The summed E-state index contributed by atoms with van der Waals surface area (Å²) in [6.07, 6.45) is 2.09. The Labute approximate surface area is 183 Å². The topological polar surface area (TPSA) is 101 Å². The number of H-pyrrole nitrogens is 1. The van der Waals surface area contributed by atoms with Gasteiger partial charge in [0.1, 0.15) is 5.75 Å². The lowest BCUT2D eigenvalue weighted by Gasteiger charge is -2.12. The normalized spacial score (nSPS) is 17.0. The molecule has 2 aliphatic rings. The van der Waals surface area contributed by atoms with E-state index in [0.29, 0.717) is 34.3 Å². The molecule has 0 radical (unpaired) electrons. The lowest BCUT2D eigenvalue weighted by molar-refractivity contribution is -0.122. The molecule has 1 fully saturated rings. The van der Waals surface area contributed by atoms with Crippen LogP contribution in [0.3, 0.4) is 0 Å². The van der Waals surface area contributed by atoms with Crippen molar-refractivity contribution in [2.24, 2.45) is 0 Å². The number of aromatic amines is 1. The molecule has 2 amide bonds. The van der Waals surface area contributed by atoms with Gasteiger partial charge in [0.15, 0.2) is 16.7 Å². The van der Waals surface area contributed by atoms with E-state index < -0.39 is 6.10 Å². The summed E-state index contributed by atoms with van der Waals surface area (Å²) < 4.78 is 8.27. The van der Waals surface area contributed by atoms with Crippen molar-refractivity contribution < 1.29 is 14.3 Å². The maximum absolute atomic E-state index is 12.6. The number of para-hydroxylation sites is 1. The Morgan fingerprint density at radius 2 is 2.03 bits per heavy atom. The minimum atomic E-state index is -0.583. The minimum Gasteiger partial charge on any atom is -0.480 e. The smallest absolute Gasteiger partial charge is 0.265 e. The van der Waals surface area contributed by atoms with Gasteiger partial charge >= 0.3 is 0 Å². The number of rotatable bonds is 6. The Kier molecular flexibility index (Phi) is 5.03. The van der Waals surface area contributed by atoms with Crippen LogP contribution in [0.2, 0.25) is 0 Å². The van der Waals surface area contributed by atoms with Gasteiger partial charge in [-0.1, -0.05) is 24.3 Å². The van der Waals surface area contributed by atoms with Crippen LogP contribution in [0, 0.1) is 4.77 Å². The van der Waals surface area contributed by atoms with Crippen LogP contribution in [-0.2, 0) is 17.8 Å². The highest BCUT2D eigenvalue weighted by Gasteiger charge is 2.29. The fraction of sp³-hybridized carbons (Fsp3) is 0.273. The van der Waals surface area contributed by atoms with Gasteiger partial charge in [-0.2, -0.15) is 5.10 Å². The fourth-order valence-corrected chi connectivity index (χ4v) is 4.02. The van der Waals surface area contributed by atoms with Crippen molar-refractivity contribution in [1.82, 2.24) is 20.1 Å². The van der Waals surface area contributed by atoms with Crippen molar-refractivity contribution >= 4 is 29.7 Å². The van der Waals surface area contributed by atoms with Crippen LogP contribution in [0.5, 0.6) is 5.75 Å². The van der Waals surface area contributed by atoms with E-state index in [0.717, 1.165) is 24.2 Å². The second-order valence-electron chi connectivity index (χ2n) is 7.72. The van der Waals surface area contributed by atoms with Gasteiger partial charge in [0, 0.05) is 23.7 Å². The summed E-state index contributed by atoms with van der Waals surface area (Å²) in [6, 6.07) is 14.8. The minimum absolute atomic E-state index is 0.242. The van der Waals surface area contributed by atoms with Crippen LogP contribution in [0.15, 0.2) is 48.5 Å². The zero-order chi connectivity index (χ0) is 21.4. The van der Waals surface area contributed by atoms with Gasteiger partial charge in [0.25, 0.3) is 11.8 Å². The molecule has 8 nitrogen and oxygen atoms in total. The van der Waals surface area contributed by atoms with Gasteiger partial charge in [0.05, 0.1) is 6.54 Å². The molecule has 2 aromatic carbocycles. The summed E-state index contributed by atoms with van der Waals surface area (Å²) >= 11 is 5.27. The van der Waals surface area contributed by atoms with Gasteiger partial charge in [0.2, 0.25) is 0 Å². The molecule has 3 N–H and O–H groups in total. The number of nitrogens with zero attached hydrogens (tertiary/aromatic N) is 2. The van der Waals surface area contributed by atoms with Gasteiger partial charge < -0.3 is 15.4 Å². The molecule has 1 aliphatic heterocycles. The highest BCUT2D eigenvalue weighted by Crippen LogP contribution is 2.35. The van der Waals surface area contributed by atoms with E-state index in [-0.39, 0.29) is 18.4 Å². The second kappa shape index (κ2) is 7.99. The molecule has 31 heavy (non-hydrogen) atoms. The molecule has 1 aliphatic carbocycles. The molecule has 1 aromatic heterocycles.